The van der Waals surface area contributed by atoms with E-state index in [9.17, 15) is 8.42 Å². The Kier molecular flexibility index (Phi) is 5.88. The van der Waals surface area contributed by atoms with Gasteiger partial charge in [0.25, 0.3) is 5.89 Å². The van der Waals surface area contributed by atoms with E-state index in [2.05, 4.69) is 14.9 Å². The average molecular weight is 387 g/mol. The average Bonchev–Trinajstić information content (AvgIpc) is 3.10. The van der Waals surface area contributed by atoms with Crippen molar-refractivity contribution < 1.29 is 17.6 Å². The monoisotopic (exact) mass is 387 g/mol. The van der Waals surface area contributed by atoms with E-state index in [0.29, 0.717) is 29.5 Å². The van der Waals surface area contributed by atoms with Crippen molar-refractivity contribution in [1.29, 1.82) is 0 Å². The van der Waals surface area contributed by atoms with Gasteiger partial charge in [-0.05, 0) is 24.6 Å². The summed E-state index contributed by atoms with van der Waals surface area (Å²) in [5, 5.41) is 7.99. The maximum atomic E-state index is 12.2. The van der Waals surface area contributed by atoms with Crippen molar-refractivity contribution in [2.75, 3.05) is 13.7 Å². The molecule has 0 saturated heterocycles. The van der Waals surface area contributed by atoms with Crippen molar-refractivity contribution >= 4 is 10.0 Å². The number of sulfonamides is 1. The molecule has 7 nitrogen and oxygen atoms in total. The maximum absolute atomic E-state index is 12.2. The van der Waals surface area contributed by atoms with Gasteiger partial charge in [-0.2, -0.15) is 0 Å². The fourth-order valence-electron chi connectivity index (χ4n) is 2.67. The number of aromatic nitrogens is 2. The number of hydrogen-bond acceptors (Lipinski definition) is 6. The summed E-state index contributed by atoms with van der Waals surface area (Å²) in [7, 11) is -1.87. The molecule has 142 valence electrons. The standard InChI is InChI=1S/C19H21N3O4S/c1-14-6-5-7-15(12-14)13-27(23,24)20-11-10-18-21-22-19(26-18)16-8-3-4-9-17(16)25-2/h3-9,12,20H,10-11,13H2,1-2H3. The quantitative estimate of drug-likeness (QED) is 0.639. The predicted molar refractivity (Wildman–Crippen MR) is 102 cm³/mol. The topological polar surface area (TPSA) is 94.3 Å². The lowest BCUT2D eigenvalue weighted by molar-refractivity contribution is 0.413. The lowest BCUT2D eigenvalue weighted by Gasteiger charge is -2.06. The molecule has 0 fully saturated rings. The summed E-state index contributed by atoms with van der Waals surface area (Å²) in [6.07, 6.45) is 0.301. The second kappa shape index (κ2) is 8.32. The first-order valence-corrected chi connectivity index (χ1v) is 10.1. The number of para-hydroxylation sites is 1. The van der Waals surface area contributed by atoms with E-state index in [0.717, 1.165) is 11.1 Å². The molecule has 2 aromatic carbocycles. The molecule has 0 atom stereocenters. The largest absolute Gasteiger partial charge is 0.496 e. The molecule has 27 heavy (non-hydrogen) atoms. The van der Waals surface area contributed by atoms with Crippen LogP contribution in [0.25, 0.3) is 11.5 Å². The molecule has 8 heteroatoms. The van der Waals surface area contributed by atoms with Crippen LogP contribution < -0.4 is 9.46 Å². The zero-order valence-electron chi connectivity index (χ0n) is 15.2. The summed E-state index contributed by atoms with van der Waals surface area (Å²) in [6.45, 7) is 2.11. The Bertz CT molecular complexity index is 1020. The molecule has 0 bridgehead atoms. The lowest BCUT2D eigenvalue weighted by atomic mass is 10.2. The fourth-order valence-corrected chi connectivity index (χ4v) is 3.80. The minimum Gasteiger partial charge on any atom is -0.496 e. The van der Waals surface area contributed by atoms with Crippen molar-refractivity contribution in [3.63, 3.8) is 0 Å². The molecule has 1 N–H and O–H groups in total. The van der Waals surface area contributed by atoms with Crippen LogP contribution in [0.3, 0.4) is 0 Å². The molecule has 0 spiro atoms. The van der Waals surface area contributed by atoms with Gasteiger partial charge in [0.1, 0.15) is 5.75 Å². The van der Waals surface area contributed by atoms with Crippen LogP contribution in [0, 0.1) is 6.92 Å². The van der Waals surface area contributed by atoms with E-state index in [1.807, 2.05) is 43.3 Å². The third-order valence-electron chi connectivity index (χ3n) is 3.90. The van der Waals surface area contributed by atoms with Gasteiger partial charge < -0.3 is 9.15 Å². The Morgan fingerprint density at radius 3 is 2.70 bits per heavy atom. The van der Waals surface area contributed by atoms with Gasteiger partial charge in [0.15, 0.2) is 0 Å². The smallest absolute Gasteiger partial charge is 0.251 e. The van der Waals surface area contributed by atoms with Crippen molar-refractivity contribution in [2.24, 2.45) is 0 Å². The molecule has 0 amide bonds. The Balaban J connectivity index is 1.59. The van der Waals surface area contributed by atoms with Gasteiger partial charge in [-0.25, -0.2) is 13.1 Å². The number of methoxy groups -OCH3 is 1. The number of hydrogen-bond donors (Lipinski definition) is 1. The molecule has 3 rings (SSSR count). The summed E-state index contributed by atoms with van der Waals surface area (Å²) in [5.41, 5.74) is 2.47. The SMILES string of the molecule is COc1ccccc1-c1nnc(CCNS(=O)(=O)Cc2cccc(C)c2)o1. The number of rotatable bonds is 8. The number of benzene rings is 2. The summed E-state index contributed by atoms with van der Waals surface area (Å²) in [6, 6.07) is 14.8. The van der Waals surface area contributed by atoms with E-state index in [1.165, 1.54) is 0 Å². The number of nitrogens with one attached hydrogen (secondary N) is 1. The Morgan fingerprint density at radius 1 is 1.11 bits per heavy atom. The molecule has 0 aliphatic heterocycles. The van der Waals surface area contributed by atoms with E-state index in [-0.39, 0.29) is 12.3 Å². The van der Waals surface area contributed by atoms with Gasteiger partial charge in [0.05, 0.1) is 18.4 Å². The highest BCUT2D eigenvalue weighted by atomic mass is 32.2. The van der Waals surface area contributed by atoms with Crippen molar-refractivity contribution in [2.45, 2.75) is 19.1 Å². The van der Waals surface area contributed by atoms with Gasteiger partial charge >= 0.3 is 0 Å². The molecular formula is C19H21N3O4S. The first kappa shape index (κ1) is 19.1. The van der Waals surface area contributed by atoms with Gasteiger partial charge in [-0.3, -0.25) is 0 Å². The van der Waals surface area contributed by atoms with Crippen molar-refractivity contribution in [3.05, 3.63) is 65.5 Å². The Labute approximate surface area is 158 Å². The molecular weight excluding hydrogens is 366 g/mol. The third kappa shape index (κ3) is 5.15. The summed E-state index contributed by atoms with van der Waals surface area (Å²) in [5.74, 6) is 1.26. The van der Waals surface area contributed by atoms with E-state index in [4.69, 9.17) is 9.15 Å². The van der Waals surface area contributed by atoms with E-state index >= 15 is 0 Å². The van der Waals surface area contributed by atoms with Crippen LogP contribution in [-0.2, 0) is 22.2 Å². The minimum absolute atomic E-state index is 0.0645. The second-order valence-electron chi connectivity index (χ2n) is 6.09. The highest BCUT2D eigenvalue weighted by molar-refractivity contribution is 7.88. The van der Waals surface area contributed by atoms with Crippen LogP contribution in [-0.4, -0.2) is 32.3 Å². The van der Waals surface area contributed by atoms with E-state index < -0.39 is 10.0 Å². The fraction of sp³-hybridized carbons (Fsp3) is 0.263. The summed E-state index contributed by atoms with van der Waals surface area (Å²) >= 11 is 0. The number of nitrogens with zero attached hydrogens (tertiary/aromatic N) is 2. The van der Waals surface area contributed by atoms with Crippen LogP contribution in [0.2, 0.25) is 0 Å². The first-order valence-electron chi connectivity index (χ1n) is 8.45. The molecule has 0 radical (unpaired) electrons. The molecule has 0 aliphatic rings. The third-order valence-corrected chi connectivity index (χ3v) is 5.26. The molecule has 1 heterocycles. The molecule has 0 saturated carbocycles. The molecule has 1 aromatic heterocycles. The van der Waals surface area contributed by atoms with Gasteiger partial charge in [0.2, 0.25) is 15.9 Å². The van der Waals surface area contributed by atoms with E-state index in [1.54, 1.807) is 19.2 Å². The Hall–Kier alpha value is -2.71. The lowest BCUT2D eigenvalue weighted by Crippen LogP contribution is -2.27. The summed E-state index contributed by atoms with van der Waals surface area (Å²) < 4.78 is 37.9. The minimum atomic E-state index is -3.44. The van der Waals surface area contributed by atoms with Crippen LogP contribution in [0.5, 0.6) is 5.75 Å². The molecule has 0 unspecified atom stereocenters. The van der Waals surface area contributed by atoms with Crippen LogP contribution in [0.1, 0.15) is 17.0 Å². The van der Waals surface area contributed by atoms with Crippen LogP contribution in [0.4, 0.5) is 0 Å². The Morgan fingerprint density at radius 2 is 1.93 bits per heavy atom. The summed E-state index contributed by atoms with van der Waals surface area (Å²) in [4.78, 5) is 0. The van der Waals surface area contributed by atoms with Gasteiger partial charge in [-0.15, -0.1) is 10.2 Å². The number of ether oxygens (including phenoxy) is 1. The zero-order chi connectivity index (χ0) is 19.3. The van der Waals surface area contributed by atoms with Crippen LogP contribution in [0.15, 0.2) is 52.9 Å². The first-order chi connectivity index (χ1) is 13.0. The second-order valence-corrected chi connectivity index (χ2v) is 7.90. The maximum Gasteiger partial charge on any atom is 0.251 e. The zero-order valence-corrected chi connectivity index (χ0v) is 16.0. The predicted octanol–water partition coefficient (Wildman–Crippen LogP) is 2.72. The molecule has 0 aliphatic carbocycles. The van der Waals surface area contributed by atoms with Crippen molar-refractivity contribution in [1.82, 2.24) is 14.9 Å². The van der Waals surface area contributed by atoms with Gasteiger partial charge in [-0.1, -0.05) is 42.0 Å². The van der Waals surface area contributed by atoms with Crippen molar-refractivity contribution in [3.8, 4) is 17.2 Å². The number of aryl methyl sites for hydroxylation is 1. The highest BCUT2D eigenvalue weighted by Crippen LogP contribution is 2.28. The van der Waals surface area contributed by atoms with Gasteiger partial charge in [0, 0.05) is 13.0 Å². The van der Waals surface area contributed by atoms with Crippen LogP contribution >= 0.6 is 0 Å². The highest BCUT2D eigenvalue weighted by Gasteiger charge is 2.15. The molecule has 3 aromatic rings. The normalized spacial score (nSPS) is 11.5.